The first-order chi connectivity index (χ1) is 8.54. The molecule has 0 amide bonds. The minimum atomic E-state index is 1.03. The lowest BCUT2D eigenvalue weighted by atomic mass is 10.3. The minimum Gasteiger partial charge on any atom is -0.354 e. The van der Waals surface area contributed by atoms with Gasteiger partial charge in [0.15, 0.2) is 10.3 Å². The van der Waals surface area contributed by atoms with Gasteiger partial charge in [-0.15, -0.1) is 0 Å². The van der Waals surface area contributed by atoms with E-state index in [4.69, 9.17) is 0 Å². The van der Waals surface area contributed by atoms with Crippen LogP contribution in [-0.4, -0.2) is 38.2 Å². The molecule has 0 N–H and O–H groups in total. The fraction of sp³-hybridized carbons (Fsp3) is 0.333. The van der Waals surface area contributed by atoms with Crippen LogP contribution in [0.3, 0.4) is 0 Å². The van der Waals surface area contributed by atoms with Crippen LogP contribution in [0.5, 0.6) is 0 Å². The summed E-state index contributed by atoms with van der Waals surface area (Å²) in [6.07, 6.45) is 0. The third-order valence-electron chi connectivity index (χ3n) is 2.64. The SMILES string of the molecule is CN(C)c1nc2cc3nc(N(C)C)sc3cc2s1. The van der Waals surface area contributed by atoms with E-state index in [1.54, 1.807) is 22.7 Å². The second-order valence-electron chi connectivity index (χ2n) is 4.57. The molecule has 0 fully saturated rings. The minimum absolute atomic E-state index is 1.03. The van der Waals surface area contributed by atoms with E-state index < -0.39 is 0 Å². The first-order valence-corrected chi connectivity index (χ1v) is 7.23. The van der Waals surface area contributed by atoms with Crippen LogP contribution in [0.2, 0.25) is 0 Å². The number of thiazole rings is 2. The molecule has 0 bridgehead atoms. The summed E-state index contributed by atoms with van der Waals surface area (Å²) in [5.74, 6) is 0. The van der Waals surface area contributed by atoms with Crippen LogP contribution in [0.25, 0.3) is 20.4 Å². The molecule has 94 valence electrons. The van der Waals surface area contributed by atoms with E-state index in [2.05, 4.69) is 22.1 Å². The third kappa shape index (κ3) is 1.81. The van der Waals surface area contributed by atoms with Crippen LogP contribution >= 0.6 is 22.7 Å². The van der Waals surface area contributed by atoms with Gasteiger partial charge in [-0.2, -0.15) is 0 Å². The van der Waals surface area contributed by atoms with Gasteiger partial charge in [0.1, 0.15) is 0 Å². The molecule has 2 heterocycles. The zero-order chi connectivity index (χ0) is 12.9. The van der Waals surface area contributed by atoms with Crippen LogP contribution < -0.4 is 9.80 Å². The lowest BCUT2D eigenvalue weighted by Crippen LogP contribution is -2.07. The average molecular weight is 278 g/mol. The molecule has 6 heteroatoms. The van der Waals surface area contributed by atoms with Crippen LogP contribution in [0.4, 0.5) is 10.3 Å². The largest absolute Gasteiger partial charge is 0.354 e. The molecular weight excluding hydrogens is 264 g/mol. The topological polar surface area (TPSA) is 32.3 Å². The number of fused-ring (bicyclic) bond motifs is 2. The number of anilines is 2. The molecule has 0 aliphatic heterocycles. The first-order valence-electron chi connectivity index (χ1n) is 5.60. The van der Waals surface area contributed by atoms with Crippen molar-refractivity contribution in [3.8, 4) is 0 Å². The van der Waals surface area contributed by atoms with Crippen molar-refractivity contribution in [3.05, 3.63) is 12.1 Å². The summed E-state index contributed by atoms with van der Waals surface area (Å²) in [6, 6.07) is 4.28. The van der Waals surface area contributed by atoms with Crippen molar-refractivity contribution in [2.24, 2.45) is 0 Å². The van der Waals surface area contributed by atoms with E-state index in [1.165, 1.54) is 9.40 Å². The van der Waals surface area contributed by atoms with Gasteiger partial charge < -0.3 is 9.80 Å². The Morgan fingerprint density at radius 2 is 1.22 bits per heavy atom. The number of hydrogen-bond donors (Lipinski definition) is 0. The second kappa shape index (κ2) is 4.07. The van der Waals surface area contributed by atoms with Gasteiger partial charge in [0, 0.05) is 28.2 Å². The molecule has 0 aliphatic rings. The van der Waals surface area contributed by atoms with Crippen molar-refractivity contribution in [1.82, 2.24) is 9.97 Å². The second-order valence-corrected chi connectivity index (χ2v) is 6.59. The van der Waals surface area contributed by atoms with E-state index in [0.29, 0.717) is 0 Å². The van der Waals surface area contributed by atoms with Gasteiger partial charge in [-0.1, -0.05) is 22.7 Å². The maximum atomic E-state index is 4.61. The first kappa shape index (κ1) is 11.7. The molecule has 1 aromatic carbocycles. The average Bonchev–Trinajstić information content (AvgIpc) is 2.87. The Kier molecular flexibility index (Phi) is 2.64. The van der Waals surface area contributed by atoms with Crippen molar-refractivity contribution >= 4 is 53.4 Å². The summed E-state index contributed by atoms with van der Waals surface area (Å²) in [5.41, 5.74) is 2.07. The highest BCUT2D eigenvalue weighted by Crippen LogP contribution is 2.35. The Balaban J connectivity index is 2.21. The molecule has 0 spiro atoms. The van der Waals surface area contributed by atoms with Crippen LogP contribution in [-0.2, 0) is 0 Å². The molecule has 0 atom stereocenters. The smallest absolute Gasteiger partial charge is 0.185 e. The Morgan fingerprint density at radius 1 is 0.778 bits per heavy atom. The summed E-state index contributed by atoms with van der Waals surface area (Å²) < 4.78 is 2.44. The maximum Gasteiger partial charge on any atom is 0.185 e. The van der Waals surface area contributed by atoms with Gasteiger partial charge in [0.25, 0.3) is 0 Å². The summed E-state index contributed by atoms with van der Waals surface area (Å²) in [6.45, 7) is 0. The molecule has 4 nitrogen and oxygen atoms in total. The van der Waals surface area contributed by atoms with Crippen LogP contribution in [0.1, 0.15) is 0 Å². The van der Waals surface area contributed by atoms with Crippen molar-refractivity contribution in [1.29, 1.82) is 0 Å². The Morgan fingerprint density at radius 3 is 1.61 bits per heavy atom. The molecule has 3 aromatic rings. The molecule has 0 saturated carbocycles. The Bertz CT molecular complexity index is 603. The number of nitrogens with zero attached hydrogens (tertiary/aromatic N) is 4. The molecule has 0 radical (unpaired) electrons. The Hall–Kier alpha value is -1.40. The monoisotopic (exact) mass is 278 g/mol. The van der Waals surface area contributed by atoms with E-state index >= 15 is 0 Å². The zero-order valence-electron chi connectivity index (χ0n) is 10.8. The van der Waals surface area contributed by atoms with Crippen LogP contribution in [0, 0.1) is 0 Å². The van der Waals surface area contributed by atoms with E-state index in [-0.39, 0.29) is 0 Å². The summed E-state index contributed by atoms with van der Waals surface area (Å²) >= 11 is 3.44. The molecule has 0 aliphatic carbocycles. The fourth-order valence-electron chi connectivity index (χ4n) is 1.71. The highest BCUT2D eigenvalue weighted by atomic mass is 32.1. The van der Waals surface area contributed by atoms with Crippen molar-refractivity contribution < 1.29 is 0 Å². The summed E-state index contributed by atoms with van der Waals surface area (Å²) in [4.78, 5) is 13.3. The normalized spacial score (nSPS) is 11.3. The third-order valence-corrected chi connectivity index (χ3v) is 5.01. The van der Waals surface area contributed by atoms with Crippen molar-refractivity contribution in [3.63, 3.8) is 0 Å². The number of hydrogen-bond acceptors (Lipinski definition) is 6. The highest BCUT2D eigenvalue weighted by Gasteiger charge is 2.10. The molecule has 18 heavy (non-hydrogen) atoms. The predicted molar refractivity (Wildman–Crippen MR) is 81.5 cm³/mol. The van der Waals surface area contributed by atoms with Crippen molar-refractivity contribution in [2.75, 3.05) is 38.0 Å². The fourth-order valence-corrected chi connectivity index (χ4v) is 3.60. The van der Waals surface area contributed by atoms with Gasteiger partial charge in [0.2, 0.25) is 0 Å². The van der Waals surface area contributed by atoms with Gasteiger partial charge in [-0.05, 0) is 12.1 Å². The predicted octanol–water partition coefficient (Wildman–Crippen LogP) is 3.04. The van der Waals surface area contributed by atoms with Gasteiger partial charge in [-0.3, -0.25) is 0 Å². The number of rotatable bonds is 2. The lowest BCUT2D eigenvalue weighted by Gasteiger charge is -2.04. The molecule has 2 aromatic heterocycles. The highest BCUT2D eigenvalue weighted by molar-refractivity contribution is 7.24. The molecule has 3 rings (SSSR count). The molecule has 0 saturated heterocycles. The Labute approximate surface area is 113 Å². The maximum absolute atomic E-state index is 4.61. The number of aromatic nitrogens is 2. The van der Waals surface area contributed by atoms with E-state index in [1.807, 2.05) is 38.0 Å². The number of benzene rings is 1. The molecular formula is C12H14N4S2. The lowest BCUT2D eigenvalue weighted by molar-refractivity contribution is 1.11. The van der Waals surface area contributed by atoms with E-state index in [9.17, 15) is 0 Å². The van der Waals surface area contributed by atoms with Crippen molar-refractivity contribution in [2.45, 2.75) is 0 Å². The summed E-state index contributed by atoms with van der Waals surface area (Å²) in [7, 11) is 8.07. The summed E-state index contributed by atoms with van der Waals surface area (Å²) in [5, 5.41) is 2.07. The zero-order valence-corrected chi connectivity index (χ0v) is 12.4. The van der Waals surface area contributed by atoms with Crippen LogP contribution in [0.15, 0.2) is 12.1 Å². The van der Waals surface area contributed by atoms with E-state index in [0.717, 1.165) is 21.3 Å². The standard InChI is InChI=1S/C12H14N4S2/c1-15(2)11-13-7-5-8-10(6-9(7)17-11)18-12(14-8)16(3)4/h5-6H,1-4H3. The van der Waals surface area contributed by atoms with Gasteiger partial charge >= 0.3 is 0 Å². The quantitative estimate of drug-likeness (QED) is 0.721. The van der Waals surface area contributed by atoms with Gasteiger partial charge in [-0.25, -0.2) is 9.97 Å². The molecule has 0 unspecified atom stereocenters. The van der Waals surface area contributed by atoms with Gasteiger partial charge in [0.05, 0.1) is 20.4 Å².